The number of hydrogen-bond acceptors (Lipinski definition) is 0. The maximum atomic E-state index is 2.47. The number of para-hydroxylation sites is 1. The lowest BCUT2D eigenvalue weighted by Crippen LogP contribution is -1.95. The second-order valence-corrected chi connectivity index (χ2v) is 17.3. The summed E-state index contributed by atoms with van der Waals surface area (Å²) in [7, 11) is 0. The van der Waals surface area contributed by atoms with Gasteiger partial charge in [-0.25, -0.2) is 0 Å². The molecule has 0 aliphatic heterocycles. The average molecular weight is 797 g/mol. The van der Waals surface area contributed by atoms with E-state index < -0.39 is 0 Å². The van der Waals surface area contributed by atoms with E-state index in [4.69, 9.17) is 0 Å². The van der Waals surface area contributed by atoms with Crippen molar-refractivity contribution in [3.8, 4) is 55.9 Å². The molecule has 11 aromatic rings. The summed E-state index contributed by atoms with van der Waals surface area (Å²) in [6.07, 6.45) is 0. The Morgan fingerprint density at radius 2 is 0.548 bits per heavy atom. The van der Waals surface area contributed by atoms with Crippen LogP contribution in [-0.4, -0.2) is 9.13 Å². The van der Waals surface area contributed by atoms with Gasteiger partial charge in [0.05, 0.1) is 22.1 Å². The zero-order chi connectivity index (χ0) is 42.2. The Bertz CT molecular complexity index is 3410. The highest BCUT2D eigenvalue weighted by Gasteiger charge is 2.19. The summed E-state index contributed by atoms with van der Waals surface area (Å²) in [4.78, 5) is 0. The molecular formula is C60H48N2. The van der Waals surface area contributed by atoms with E-state index in [-0.39, 0.29) is 0 Å². The second-order valence-electron chi connectivity index (χ2n) is 17.3. The molecule has 0 amide bonds. The summed E-state index contributed by atoms with van der Waals surface area (Å²) in [5, 5.41) is 5.01. The number of aromatic nitrogens is 2. The Hall–Kier alpha value is -7.42. The number of hydrogen-bond donors (Lipinski definition) is 0. The molecule has 0 atom stereocenters. The van der Waals surface area contributed by atoms with E-state index in [0.29, 0.717) is 0 Å². The quantitative estimate of drug-likeness (QED) is 0.159. The summed E-state index contributed by atoms with van der Waals surface area (Å²) in [6.45, 7) is 13.3. The molecule has 2 nitrogen and oxygen atoms in total. The fourth-order valence-electron chi connectivity index (χ4n) is 10.5. The fraction of sp³-hybridized carbons (Fsp3) is 0.100. The Kier molecular flexibility index (Phi) is 8.87. The van der Waals surface area contributed by atoms with Crippen molar-refractivity contribution in [1.82, 2.24) is 9.13 Å². The molecule has 9 aromatic carbocycles. The maximum Gasteiger partial charge on any atom is 0.0541 e. The summed E-state index contributed by atoms with van der Waals surface area (Å²) in [6, 6.07) is 67.8. The molecule has 0 fully saturated rings. The lowest BCUT2D eigenvalue weighted by molar-refractivity contribution is 1.18. The van der Waals surface area contributed by atoms with Crippen LogP contribution in [0.4, 0.5) is 0 Å². The van der Waals surface area contributed by atoms with Crippen molar-refractivity contribution in [2.75, 3.05) is 0 Å². The Morgan fingerprint density at radius 3 is 0.952 bits per heavy atom. The first kappa shape index (κ1) is 37.6. The molecular weight excluding hydrogens is 749 g/mol. The topological polar surface area (TPSA) is 9.86 Å². The highest BCUT2D eigenvalue weighted by molar-refractivity contribution is 6.13. The van der Waals surface area contributed by atoms with Gasteiger partial charge in [0.25, 0.3) is 0 Å². The molecule has 0 spiro atoms. The summed E-state index contributed by atoms with van der Waals surface area (Å²) >= 11 is 0. The molecule has 0 aliphatic carbocycles. The van der Waals surface area contributed by atoms with Gasteiger partial charge in [0, 0.05) is 32.9 Å². The molecule has 0 N–H and O–H groups in total. The van der Waals surface area contributed by atoms with Crippen molar-refractivity contribution in [2.24, 2.45) is 0 Å². The van der Waals surface area contributed by atoms with Crippen LogP contribution in [0.5, 0.6) is 0 Å². The highest BCUT2D eigenvalue weighted by atomic mass is 15.0. The van der Waals surface area contributed by atoms with Gasteiger partial charge in [0.2, 0.25) is 0 Å². The summed E-state index contributed by atoms with van der Waals surface area (Å²) in [5.74, 6) is 0. The van der Waals surface area contributed by atoms with E-state index in [1.165, 1.54) is 122 Å². The minimum Gasteiger partial charge on any atom is -0.309 e. The molecule has 298 valence electrons. The molecule has 62 heavy (non-hydrogen) atoms. The molecule has 2 aromatic heterocycles. The first-order chi connectivity index (χ1) is 30.2. The Labute approximate surface area is 364 Å². The number of fused-ring (bicyclic) bond motifs is 6. The van der Waals surface area contributed by atoms with Crippen molar-refractivity contribution in [1.29, 1.82) is 0 Å². The van der Waals surface area contributed by atoms with E-state index in [1.807, 2.05) is 0 Å². The number of benzene rings is 9. The molecule has 0 unspecified atom stereocenters. The van der Waals surface area contributed by atoms with Gasteiger partial charge in [-0.05, 0) is 192 Å². The first-order valence-electron chi connectivity index (χ1n) is 21.8. The summed E-state index contributed by atoms with van der Waals surface area (Å²) in [5.41, 5.74) is 24.9. The van der Waals surface area contributed by atoms with Crippen molar-refractivity contribution in [3.63, 3.8) is 0 Å². The summed E-state index contributed by atoms with van der Waals surface area (Å²) < 4.78 is 4.88. The van der Waals surface area contributed by atoms with Crippen molar-refractivity contribution in [2.45, 2.75) is 41.5 Å². The minimum absolute atomic E-state index is 1.14. The van der Waals surface area contributed by atoms with Crippen LogP contribution in [0.15, 0.2) is 182 Å². The predicted octanol–water partition coefficient (Wildman–Crippen LogP) is 16.4. The van der Waals surface area contributed by atoms with Crippen LogP contribution >= 0.6 is 0 Å². The highest BCUT2D eigenvalue weighted by Crippen LogP contribution is 2.42. The van der Waals surface area contributed by atoms with Gasteiger partial charge in [-0.1, -0.05) is 109 Å². The number of nitrogens with zero attached hydrogens (tertiary/aromatic N) is 2. The zero-order valence-corrected chi connectivity index (χ0v) is 36.2. The zero-order valence-electron chi connectivity index (χ0n) is 36.2. The van der Waals surface area contributed by atoms with Gasteiger partial charge in [-0.15, -0.1) is 0 Å². The van der Waals surface area contributed by atoms with Gasteiger partial charge in [0.1, 0.15) is 0 Å². The van der Waals surface area contributed by atoms with Crippen LogP contribution in [0, 0.1) is 41.5 Å². The van der Waals surface area contributed by atoms with Gasteiger partial charge >= 0.3 is 0 Å². The second kappa shape index (κ2) is 14.6. The van der Waals surface area contributed by atoms with E-state index in [2.05, 4.69) is 233 Å². The van der Waals surface area contributed by atoms with Crippen LogP contribution in [0.1, 0.15) is 33.4 Å². The van der Waals surface area contributed by atoms with Crippen LogP contribution in [0.3, 0.4) is 0 Å². The Morgan fingerprint density at radius 1 is 0.242 bits per heavy atom. The minimum atomic E-state index is 1.14. The lowest BCUT2D eigenvalue weighted by Gasteiger charge is -2.13. The SMILES string of the molecule is Cc1cccc(C)c1-c1ccc2c(c1)c1cc(-c3cccc(-n4c5ccc(-c6c(C)cccc6C)cc5c5cc(-c6c(C)cccc6C)ccc54)c3)ccc1n2-c1ccccc1. The van der Waals surface area contributed by atoms with Crippen LogP contribution in [0.25, 0.3) is 99.5 Å². The molecule has 0 saturated carbocycles. The largest absolute Gasteiger partial charge is 0.309 e. The average Bonchev–Trinajstić information content (AvgIpc) is 3.78. The third-order valence-electron chi connectivity index (χ3n) is 13.3. The fourth-order valence-corrected chi connectivity index (χ4v) is 10.5. The molecule has 0 radical (unpaired) electrons. The molecule has 0 aliphatic rings. The monoisotopic (exact) mass is 796 g/mol. The van der Waals surface area contributed by atoms with Gasteiger partial charge in [-0.3, -0.25) is 0 Å². The van der Waals surface area contributed by atoms with Crippen LogP contribution < -0.4 is 0 Å². The molecule has 0 bridgehead atoms. The molecule has 2 heterocycles. The molecule has 2 heteroatoms. The maximum absolute atomic E-state index is 2.47. The van der Waals surface area contributed by atoms with Crippen LogP contribution in [0.2, 0.25) is 0 Å². The first-order valence-corrected chi connectivity index (χ1v) is 21.8. The van der Waals surface area contributed by atoms with Gasteiger partial charge in [0.15, 0.2) is 0 Å². The number of rotatable bonds is 6. The lowest BCUT2D eigenvalue weighted by atomic mass is 9.93. The third kappa shape index (κ3) is 6.01. The normalized spacial score (nSPS) is 11.7. The van der Waals surface area contributed by atoms with E-state index in [9.17, 15) is 0 Å². The molecule has 11 rings (SSSR count). The van der Waals surface area contributed by atoms with Gasteiger partial charge in [-0.2, -0.15) is 0 Å². The van der Waals surface area contributed by atoms with Crippen molar-refractivity contribution in [3.05, 3.63) is 215 Å². The van der Waals surface area contributed by atoms with Gasteiger partial charge < -0.3 is 9.13 Å². The molecule has 0 saturated heterocycles. The number of aryl methyl sites for hydroxylation is 6. The van der Waals surface area contributed by atoms with E-state index in [0.717, 1.165) is 11.4 Å². The standard InChI is InChI=1S/C60H48N2/c1-37-14-10-15-38(2)58(37)45-25-29-55-51(34-45)50-33-44(24-28-54(50)61(55)48-21-8-7-9-22-48)43-20-13-23-49(32-43)62-56-30-26-46(59-39(3)16-11-17-40(59)4)35-52(56)53-36-47(27-31-57(53)62)60-41(5)18-12-19-42(60)6/h7-36H,1-6H3. The van der Waals surface area contributed by atoms with Crippen molar-refractivity contribution >= 4 is 43.6 Å². The smallest absolute Gasteiger partial charge is 0.0541 e. The third-order valence-corrected chi connectivity index (χ3v) is 13.3. The van der Waals surface area contributed by atoms with E-state index >= 15 is 0 Å². The van der Waals surface area contributed by atoms with Crippen molar-refractivity contribution < 1.29 is 0 Å². The van der Waals surface area contributed by atoms with E-state index in [1.54, 1.807) is 0 Å². The van der Waals surface area contributed by atoms with Crippen LogP contribution in [-0.2, 0) is 0 Å². The Balaban J connectivity index is 1.11. The predicted molar refractivity (Wildman–Crippen MR) is 265 cm³/mol.